The molecule has 0 bridgehead atoms. The minimum atomic E-state index is -0.294. The van der Waals surface area contributed by atoms with Crippen molar-refractivity contribution in [3.05, 3.63) is 106 Å². The standard InChI is InChI=1S/C33H32ClN3O2/c1-32(2,3)21-18-24(33(4,5)6)31(39)27(19-21)37-35-26-17-16-25(34)28(29(26)36-37)22-14-10-11-15-23(22)30(38)20-12-8-7-9-13-20/h7-19,39H,1-6H3. The first-order valence-corrected chi connectivity index (χ1v) is 13.4. The summed E-state index contributed by atoms with van der Waals surface area (Å²) in [6, 6.07) is 24.2. The molecule has 1 aromatic heterocycles. The monoisotopic (exact) mass is 537 g/mol. The zero-order valence-electron chi connectivity index (χ0n) is 23.1. The van der Waals surface area contributed by atoms with Crippen molar-refractivity contribution in [3.63, 3.8) is 0 Å². The van der Waals surface area contributed by atoms with Crippen molar-refractivity contribution in [2.75, 3.05) is 0 Å². The number of carbonyl (C=O) groups is 1. The van der Waals surface area contributed by atoms with Gasteiger partial charge in [-0.2, -0.15) is 0 Å². The van der Waals surface area contributed by atoms with E-state index in [-0.39, 0.29) is 22.4 Å². The van der Waals surface area contributed by atoms with Crippen LogP contribution in [0.15, 0.2) is 78.9 Å². The summed E-state index contributed by atoms with van der Waals surface area (Å²) in [4.78, 5) is 15.0. The van der Waals surface area contributed by atoms with Crippen LogP contribution in [0.3, 0.4) is 0 Å². The van der Waals surface area contributed by atoms with Gasteiger partial charge in [-0.15, -0.1) is 15.0 Å². The first-order chi connectivity index (χ1) is 18.4. The van der Waals surface area contributed by atoms with Gasteiger partial charge in [0.25, 0.3) is 0 Å². The fraction of sp³-hybridized carbons (Fsp3) is 0.242. The number of rotatable bonds is 4. The highest BCUT2D eigenvalue weighted by Gasteiger charge is 2.27. The molecule has 0 unspecified atom stereocenters. The summed E-state index contributed by atoms with van der Waals surface area (Å²) < 4.78 is 0. The molecule has 0 aliphatic heterocycles. The summed E-state index contributed by atoms with van der Waals surface area (Å²) in [5.74, 6) is 0.0418. The topological polar surface area (TPSA) is 68.0 Å². The predicted molar refractivity (Wildman–Crippen MR) is 158 cm³/mol. The maximum atomic E-state index is 13.5. The summed E-state index contributed by atoms with van der Waals surface area (Å²) in [5, 5.41) is 21.5. The maximum Gasteiger partial charge on any atom is 0.193 e. The van der Waals surface area contributed by atoms with Crippen molar-refractivity contribution in [2.24, 2.45) is 0 Å². The van der Waals surface area contributed by atoms with Crippen LogP contribution in [0.5, 0.6) is 5.75 Å². The van der Waals surface area contributed by atoms with E-state index in [2.05, 4.69) is 47.6 Å². The van der Waals surface area contributed by atoms with Gasteiger partial charge in [-0.25, -0.2) is 0 Å². The van der Waals surface area contributed by atoms with E-state index in [1.54, 1.807) is 24.3 Å². The van der Waals surface area contributed by atoms with Gasteiger partial charge in [0.05, 0.1) is 5.02 Å². The van der Waals surface area contributed by atoms with Crippen LogP contribution in [0.1, 0.15) is 68.6 Å². The molecular weight excluding hydrogens is 506 g/mol. The summed E-state index contributed by atoms with van der Waals surface area (Å²) in [6.45, 7) is 12.6. The van der Waals surface area contributed by atoms with Gasteiger partial charge in [0, 0.05) is 22.3 Å². The third kappa shape index (κ3) is 4.95. The van der Waals surface area contributed by atoms with Crippen LogP contribution in [-0.4, -0.2) is 25.9 Å². The average Bonchev–Trinajstić information content (AvgIpc) is 3.31. The predicted octanol–water partition coefficient (Wildman–Crippen LogP) is 8.27. The van der Waals surface area contributed by atoms with Crippen LogP contribution in [0.4, 0.5) is 0 Å². The summed E-state index contributed by atoms with van der Waals surface area (Å²) in [6.07, 6.45) is 0. The van der Waals surface area contributed by atoms with Gasteiger partial charge in [0.15, 0.2) is 5.78 Å². The molecular formula is C33H32ClN3O2. The molecule has 0 saturated carbocycles. The number of halogens is 1. The third-order valence-electron chi connectivity index (χ3n) is 6.96. The van der Waals surface area contributed by atoms with E-state index in [0.717, 1.165) is 11.1 Å². The van der Waals surface area contributed by atoms with Crippen molar-refractivity contribution in [1.29, 1.82) is 0 Å². The smallest absolute Gasteiger partial charge is 0.193 e. The number of fused-ring (bicyclic) bond motifs is 1. The quantitative estimate of drug-likeness (QED) is 0.234. The van der Waals surface area contributed by atoms with Crippen molar-refractivity contribution < 1.29 is 9.90 Å². The minimum Gasteiger partial charge on any atom is -0.505 e. The van der Waals surface area contributed by atoms with Crippen molar-refractivity contribution in [2.45, 2.75) is 52.4 Å². The fourth-order valence-electron chi connectivity index (χ4n) is 4.74. The molecule has 0 aliphatic carbocycles. The Balaban J connectivity index is 1.74. The zero-order valence-corrected chi connectivity index (χ0v) is 23.8. The number of aromatic hydroxyl groups is 1. The van der Waals surface area contributed by atoms with Crippen molar-refractivity contribution in [1.82, 2.24) is 15.0 Å². The number of carbonyl (C=O) groups excluding carboxylic acids is 1. The van der Waals surface area contributed by atoms with E-state index in [0.29, 0.717) is 44.0 Å². The number of phenols is 1. The Hall–Kier alpha value is -3.96. The minimum absolute atomic E-state index is 0.1000. The average molecular weight is 538 g/mol. The van der Waals surface area contributed by atoms with E-state index < -0.39 is 0 Å². The van der Waals surface area contributed by atoms with Gasteiger partial charge in [0.2, 0.25) is 0 Å². The van der Waals surface area contributed by atoms with Gasteiger partial charge in [-0.3, -0.25) is 4.79 Å². The van der Waals surface area contributed by atoms with Gasteiger partial charge < -0.3 is 5.11 Å². The number of hydrogen-bond donors (Lipinski definition) is 1. The lowest BCUT2D eigenvalue weighted by molar-refractivity contribution is 0.103. The normalized spacial score (nSPS) is 12.2. The van der Waals surface area contributed by atoms with Crippen molar-refractivity contribution in [3.8, 4) is 22.6 Å². The molecule has 39 heavy (non-hydrogen) atoms. The van der Waals surface area contributed by atoms with Gasteiger partial charge in [-0.1, -0.05) is 114 Å². The molecule has 0 spiro atoms. The molecule has 0 fully saturated rings. The molecule has 4 aromatic carbocycles. The number of nitrogens with zero attached hydrogens (tertiary/aromatic N) is 3. The summed E-state index contributed by atoms with van der Waals surface area (Å²) in [7, 11) is 0. The largest absolute Gasteiger partial charge is 0.505 e. The molecule has 6 heteroatoms. The van der Waals surface area contributed by atoms with Gasteiger partial charge in [-0.05, 0) is 40.2 Å². The zero-order chi connectivity index (χ0) is 28.1. The van der Waals surface area contributed by atoms with E-state index in [9.17, 15) is 9.90 Å². The molecule has 5 rings (SSSR count). The van der Waals surface area contributed by atoms with Gasteiger partial charge >= 0.3 is 0 Å². The Morgan fingerprint density at radius 3 is 2.15 bits per heavy atom. The molecule has 0 amide bonds. The number of benzene rings is 4. The lowest BCUT2D eigenvalue weighted by Crippen LogP contribution is -2.18. The van der Waals surface area contributed by atoms with Crippen LogP contribution in [0, 0.1) is 0 Å². The molecule has 0 aliphatic rings. The van der Waals surface area contributed by atoms with Crippen LogP contribution in [-0.2, 0) is 10.8 Å². The van der Waals surface area contributed by atoms with E-state index in [4.69, 9.17) is 21.8 Å². The highest BCUT2D eigenvalue weighted by molar-refractivity contribution is 6.35. The molecule has 0 atom stereocenters. The Morgan fingerprint density at radius 1 is 0.821 bits per heavy atom. The number of ketones is 1. The third-order valence-corrected chi connectivity index (χ3v) is 7.27. The van der Waals surface area contributed by atoms with Crippen molar-refractivity contribution >= 4 is 28.4 Å². The van der Waals surface area contributed by atoms with Crippen LogP contribution in [0.2, 0.25) is 5.02 Å². The number of aromatic nitrogens is 3. The molecule has 5 nitrogen and oxygen atoms in total. The summed E-state index contributed by atoms with van der Waals surface area (Å²) in [5.41, 5.74) is 5.53. The Labute approximate surface area is 234 Å². The Kier molecular flexibility index (Phi) is 6.59. The molecule has 5 aromatic rings. The molecule has 0 radical (unpaired) electrons. The number of phenolic OH excluding ortho intramolecular Hbond substituents is 1. The van der Waals surface area contributed by atoms with Crippen LogP contribution >= 0.6 is 11.6 Å². The second-order valence-corrected chi connectivity index (χ2v) is 12.3. The maximum absolute atomic E-state index is 13.5. The second kappa shape index (κ2) is 9.65. The fourth-order valence-corrected chi connectivity index (χ4v) is 5.00. The summed E-state index contributed by atoms with van der Waals surface area (Å²) >= 11 is 6.78. The SMILES string of the molecule is CC(C)(C)c1cc(-n2nc3ccc(Cl)c(-c4ccccc4C(=O)c4ccccc4)c3n2)c(O)c(C(C)(C)C)c1. The highest BCUT2D eigenvalue weighted by Crippen LogP contribution is 2.41. The Bertz CT molecular complexity index is 1710. The van der Waals surface area contributed by atoms with Gasteiger partial charge in [0.1, 0.15) is 22.5 Å². The molecule has 0 saturated heterocycles. The second-order valence-electron chi connectivity index (χ2n) is 11.9. The Morgan fingerprint density at radius 2 is 1.49 bits per heavy atom. The molecule has 1 N–H and O–H groups in total. The number of hydrogen-bond acceptors (Lipinski definition) is 4. The lowest BCUT2D eigenvalue weighted by Gasteiger charge is -2.27. The van der Waals surface area contributed by atoms with E-state index >= 15 is 0 Å². The lowest BCUT2D eigenvalue weighted by atomic mass is 9.80. The van der Waals surface area contributed by atoms with Crippen LogP contribution in [0.25, 0.3) is 27.8 Å². The van der Waals surface area contributed by atoms with E-state index in [1.807, 2.05) is 48.5 Å². The van der Waals surface area contributed by atoms with E-state index in [1.165, 1.54) is 4.80 Å². The molecule has 198 valence electrons. The molecule has 1 heterocycles. The van der Waals surface area contributed by atoms with Crippen LogP contribution < -0.4 is 0 Å². The highest BCUT2D eigenvalue weighted by atomic mass is 35.5. The first kappa shape index (κ1) is 26.6. The first-order valence-electron chi connectivity index (χ1n) is 13.0.